The lowest BCUT2D eigenvalue weighted by molar-refractivity contribution is 0.0622. The molecule has 1 amide bonds. The van der Waals surface area contributed by atoms with E-state index in [1.54, 1.807) is 0 Å². The first-order valence-corrected chi connectivity index (χ1v) is 7.07. The molecular formula is C16H19NO3. The SMILES string of the molecule is Cc1ccc2oc(C(=O)N3CCC(CO)CC3)cc2c1. The van der Waals surface area contributed by atoms with Crippen molar-refractivity contribution in [3.05, 3.63) is 35.6 Å². The normalized spacial score (nSPS) is 16.8. The van der Waals surface area contributed by atoms with Crippen LogP contribution in [0.25, 0.3) is 11.0 Å². The molecule has 1 aliphatic rings. The topological polar surface area (TPSA) is 53.7 Å². The van der Waals surface area contributed by atoms with Gasteiger partial charge >= 0.3 is 0 Å². The summed E-state index contributed by atoms with van der Waals surface area (Å²) in [5.41, 5.74) is 1.91. The van der Waals surface area contributed by atoms with Gasteiger partial charge < -0.3 is 14.4 Å². The van der Waals surface area contributed by atoms with E-state index in [0.717, 1.165) is 29.4 Å². The van der Waals surface area contributed by atoms with Gasteiger partial charge in [-0.2, -0.15) is 0 Å². The largest absolute Gasteiger partial charge is 0.451 e. The molecule has 0 aliphatic carbocycles. The van der Waals surface area contributed by atoms with E-state index < -0.39 is 0 Å². The Kier molecular flexibility index (Phi) is 3.49. The van der Waals surface area contributed by atoms with Crippen LogP contribution in [0.3, 0.4) is 0 Å². The Hall–Kier alpha value is -1.81. The molecule has 0 bridgehead atoms. The Morgan fingerprint density at radius 2 is 2.10 bits per heavy atom. The van der Waals surface area contributed by atoms with Gasteiger partial charge in [0.05, 0.1) is 0 Å². The fraction of sp³-hybridized carbons (Fsp3) is 0.438. The van der Waals surface area contributed by atoms with E-state index in [1.807, 2.05) is 36.1 Å². The number of carbonyl (C=O) groups is 1. The first-order chi connectivity index (χ1) is 9.67. The predicted octanol–water partition coefficient (Wildman–Crippen LogP) is 2.59. The Morgan fingerprint density at radius 1 is 1.35 bits per heavy atom. The summed E-state index contributed by atoms with van der Waals surface area (Å²) in [5, 5.41) is 10.1. The highest BCUT2D eigenvalue weighted by molar-refractivity contribution is 5.96. The zero-order valence-corrected chi connectivity index (χ0v) is 11.6. The molecule has 1 N–H and O–H groups in total. The molecule has 2 aromatic rings. The smallest absolute Gasteiger partial charge is 0.289 e. The minimum Gasteiger partial charge on any atom is -0.451 e. The number of furan rings is 1. The van der Waals surface area contributed by atoms with Gasteiger partial charge in [-0.15, -0.1) is 0 Å². The number of fused-ring (bicyclic) bond motifs is 1. The molecule has 0 spiro atoms. The molecule has 2 heterocycles. The van der Waals surface area contributed by atoms with Crippen LogP contribution in [0.2, 0.25) is 0 Å². The van der Waals surface area contributed by atoms with Crippen LogP contribution in [-0.2, 0) is 0 Å². The highest BCUT2D eigenvalue weighted by Gasteiger charge is 2.25. The van der Waals surface area contributed by atoms with Gasteiger partial charge in [-0.05, 0) is 43.9 Å². The summed E-state index contributed by atoms with van der Waals surface area (Å²) in [4.78, 5) is 14.2. The third-order valence-corrected chi connectivity index (χ3v) is 4.04. The van der Waals surface area contributed by atoms with Crippen molar-refractivity contribution in [1.29, 1.82) is 0 Å². The average molecular weight is 273 g/mol. The lowest BCUT2D eigenvalue weighted by Gasteiger charge is -2.30. The van der Waals surface area contributed by atoms with Crippen LogP contribution in [0.4, 0.5) is 0 Å². The molecule has 4 nitrogen and oxygen atoms in total. The van der Waals surface area contributed by atoms with Crippen LogP contribution >= 0.6 is 0 Å². The summed E-state index contributed by atoms with van der Waals surface area (Å²) in [6.07, 6.45) is 1.73. The lowest BCUT2D eigenvalue weighted by atomic mass is 9.98. The molecule has 1 aromatic carbocycles. The standard InChI is InChI=1S/C16H19NO3/c1-11-2-3-14-13(8-11)9-15(20-14)16(19)17-6-4-12(10-18)5-7-17/h2-3,8-9,12,18H,4-7,10H2,1H3. The molecule has 1 aliphatic heterocycles. The summed E-state index contributed by atoms with van der Waals surface area (Å²) in [6.45, 7) is 3.62. The second-order valence-electron chi connectivity index (χ2n) is 5.57. The van der Waals surface area contributed by atoms with Crippen molar-refractivity contribution in [2.45, 2.75) is 19.8 Å². The number of aryl methyl sites for hydroxylation is 1. The van der Waals surface area contributed by atoms with E-state index >= 15 is 0 Å². The van der Waals surface area contributed by atoms with E-state index in [9.17, 15) is 4.79 Å². The summed E-state index contributed by atoms with van der Waals surface area (Å²) in [6, 6.07) is 7.72. The molecule has 0 radical (unpaired) electrons. The molecule has 0 atom stereocenters. The Morgan fingerprint density at radius 3 is 2.80 bits per heavy atom. The number of nitrogens with zero attached hydrogens (tertiary/aromatic N) is 1. The summed E-state index contributed by atoms with van der Waals surface area (Å²) in [5.74, 6) is 0.695. The number of amides is 1. The first-order valence-electron chi connectivity index (χ1n) is 7.07. The van der Waals surface area contributed by atoms with Crippen LogP contribution in [0, 0.1) is 12.8 Å². The number of carbonyl (C=O) groups excluding carboxylic acids is 1. The molecule has 106 valence electrons. The van der Waals surface area contributed by atoms with Crippen molar-refractivity contribution in [2.24, 2.45) is 5.92 Å². The zero-order valence-electron chi connectivity index (χ0n) is 11.6. The highest BCUT2D eigenvalue weighted by Crippen LogP contribution is 2.24. The second-order valence-corrected chi connectivity index (χ2v) is 5.57. The van der Waals surface area contributed by atoms with Gasteiger partial charge in [0.15, 0.2) is 5.76 Å². The van der Waals surface area contributed by atoms with E-state index in [2.05, 4.69) is 0 Å². The van der Waals surface area contributed by atoms with Crippen molar-refractivity contribution >= 4 is 16.9 Å². The monoisotopic (exact) mass is 273 g/mol. The summed E-state index contributed by atoms with van der Waals surface area (Å²) < 4.78 is 5.65. The van der Waals surface area contributed by atoms with E-state index in [1.165, 1.54) is 0 Å². The van der Waals surface area contributed by atoms with Gasteiger partial charge in [-0.1, -0.05) is 11.6 Å². The van der Waals surface area contributed by atoms with E-state index in [4.69, 9.17) is 9.52 Å². The van der Waals surface area contributed by atoms with Gasteiger partial charge in [0.1, 0.15) is 5.58 Å². The quantitative estimate of drug-likeness (QED) is 0.915. The number of hydrogen-bond acceptors (Lipinski definition) is 3. The Balaban J connectivity index is 1.79. The van der Waals surface area contributed by atoms with Crippen molar-refractivity contribution in [1.82, 2.24) is 4.90 Å². The Bertz CT molecular complexity index is 624. The van der Waals surface area contributed by atoms with E-state index in [0.29, 0.717) is 24.8 Å². The van der Waals surface area contributed by atoms with Crippen molar-refractivity contribution < 1.29 is 14.3 Å². The maximum atomic E-state index is 12.4. The molecule has 1 saturated heterocycles. The molecule has 3 rings (SSSR count). The number of hydrogen-bond donors (Lipinski definition) is 1. The Labute approximate surface area is 118 Å². The fourth-order valence-corrected chi connectivity index (χ4v) is 2.74. The maximum Gasteiger partial charge on any atom is 0.289 e. The average Bonchev–Trinajstić information content (AvgIpc) is 2.89. The first kappa shape index (κ1) is 13.2. The van der Waals surface area contributed by atoms with Gasteiger partial charge in [-0.25, -0.2) is 0 Å². The molecule has 0 saturated carbocycles. The molecule has 20 heavy (non-hydrogen) atoms. The minimum absolute atomic E-state index is 0.0461. The van der Waals surface area contributed by atoms with Crippen LogP contribution in [-0.4, -0.2) is 35.6 Å². The zero-order chi connectivity index (χ0) is 14.1. The van der Waals surface area contributed by atoms with Crippen molar-refractivity contribution in [3.63, 3.8) is 0 Å². The van der Waals surface area contributed by atoms with Crippen LogP contribution in [0.15, 0.2) is 28.7 Å². The van der Waals surface area contributed by atoms with Crippen molar-refractivity contribution in [3.8, 4) is 0 Å². The third kappa shape index (κ3) is 2.43. The van der Waals surface area contributed by atoms with Crippen LogP contribution in [0.5, 0.6) is 0 Å². The number of likely N-dealkylation sites (tertiary alicyclic amines) is 1. The molecule has 4 heteroatoms. The molecular weight excluding hydrogens is 254 g/mol. The number of piperidine rings is 1. The summed E-state index contributed by atoms with van der Waals surface area (Å²) in [7, 11) is 0. The van der Waals surface area contributed by atoms with E-state index in [-0.39, 0.29) is 12.5 Å². The van der Waals surface area contributed by atoms with Gasteiger partial charge in [0.25, 0.3) is 5.91 Å². The lowest BCUT2D eigenvalue weighted by Crippen LogP contribution is -2.39. The minimum atomic E-state index is -0.0461. The highest BCUT2D eigenvalue weighted by atomic mass is 16.3. The number of benzene rings is 1. The number of rotatable bonds is 2. The van der Waals surface area contributed by atoms with Crippen LogP contribution in [0.1, 0.15) is 29.0 Å². The van der Waals surface area contributed by atoms with Gasteiger partial charge in [-0.3, -0.25) is 4.79 Å². The van der Waals surface area contributed by atoms with Gasteiger partial charge in [0.2, 0.25) is 0 Å². The van der Waals surface area contributed by atoms with Crippen molar-refractivity contribution in [2.75, 3.05) is 19.7 Å². The fourth-order valence-electron chi connectivity index (χ4n) is 2.74. The predicted molar refractivity (Wildman–Crippen MR) is 76.7 cm³/mol. The molecule has 1 fully saturated rings. The van der Waals surface area contributed by atoms with Crippen LogP contribution < -0.4 is 0 Å². The second kappa shape index (κ2) is 5.29. The summed E-state index contributed by atoms with van der Waals surface area (Å²) >= 11 is 0. The maximum absolute atomic E-state index is 12.4. The van der Waals surface area contributed by atoms with Gasteiger partial charge in [0, 0.05) is 25.1 Å². The molecule has 1 aromatic heterocycles. The third-order valence-electron chi connectivity index (χ3n) is 4.04. The number of aliphatic hydroxyl groups is 1. The number of aliphatic hydroxyl groups excluding tert-OH is 1. The molecule has 0 unspecified atom stereocenters.